The fraction of sp³-hybridized carbons (Fsp3) is 0.824. The van der Waals surface area contributed by atoms with Gasteiger partial charge in [0, 0.05) is 39.0 Å². The third-order valence-electron chi connectivity index (χ3n) is 5.14. The number of aryl methyl sites for hydroxylation is 1. The van der Waals surface area contributed by atoms with E-state index in [1.165, 1.54) is 11.4 Å². The van der Waals surface area contributed by atoms with Crippen molar-refractivity contribution < 1.29 is 23.1 Å². The number of aromatic nitrogens is 3. The minimum Gasteiger partial charge on any atom is -0.394 e. The zero-order chi connectivity index (χ0) is 20.9. The van der Waals surface area contributed by atoms with Crippen molar-refractivity contribution in [2.75, 3.05) is 33.0 Å². The van der Waals surface area contributed by atoms with E-state index in [4.69, 9.17) is 4.74 Å². The average molecular weight is 418 g/mol. The van der Waals surface area contributed by atoms with Gasteiger partial charge in [0.2, 0.25) is 15.9 Å². The fourth-order valence-corrected chi connectivity index (χ4v) is 3.55. The molecule has 0 saturated heterocycles. The van der Waals surface area contributed by atoms with Crippen molar-refractivity contribution in [3.8, 4) is 0 Å². The second-order valence-electron chi connectivity index (χ2n) is 7.50. The number of carbonyl (C=O) groups is 1. The molecule has 2 rings (SSSR count). The van der Waals surface area contributed by atoms with Crippen molar-refractivity contribution in [3.63, 3.8) is 0 Å². The zero-order valence-electron chi connectivity index (χ0n) is 17.0. The number of fused-ring (bicyclic) bond motifs is 1. The van der Waals surface area contributed by atoms with E-state index in [1.54, 1.807) is 22.7 Å². The molecule has 10 nitrogen and oxygen atoms in total. The largest absolute Gasteiger partial charge is 0.394 e. The topological polar surface area (TPSA) is 118 Å². The molecular weight excluding hydrogens is 386 g/mol. The van der Waals surface area contributed by atoms with E-state index in [0.717, 1.165) is 11.9 Å². The molecule has 0 fully saturated rings. The quantitative estimate of drug-likeness (QED) is 0.698. The van der Waals surface area contributed by atoms with Gasteiger partial charge in [-0.05, 0) is 13.3 Å². The Hall–Kier alpha value is -1.56. The van der Waals surface area contributed by atoms with E-state index in [1.807, 2.05) is 6.92 Å². The molecule has 160 valence electrons. The van der Waals surface area contributed by atoms with Crippen LogP contribution in [0.4, 0.5) is 0 Å². The molecule has 1 amide bonds. The lowest BCUT2D eigenvalue weighted by atomic mass is 10.0. The summed E-state index contributed by atoms with van der Waals surface area (Å²) in [5.41, 5.74) is 0.785. The summed E-state index contributed by atoms with van der Waals surface area (Å²) in [6, 6.07) is -0.326. The van der Waals surface area contributed by atoms with Gasteiger partial charge in [-0.1, -0.05) is 12.1 Å². The molecule has 1 aromatic heterocycles. The SMILES string of the molecule is C[C@@H]1CN([C@@H](C)CO)C(=O)CCCn2nncc2CO[C@H]1CN(C)S(C)(=O)=O. The summed E-state index contributed by atoms with van der Waals surface area (Å²) >= 11 is 0. The number of hydrogen-bond acceptors (Lipinski definition) is 7. The fourth-order valence-electron chi connectivity index (χ4n) is 3.13. The van der Waals surface area contributed by atoms with Crippen LogP contribution < -0.4 is 0 Å². The normalized spacial score (nSPS) is 23.8. The summed E-state index contributed by atoms with van der Waals surface area (Å²) in [6.07, 6.45) is 3.28. The van der Waals surface area contributed by atoms with E-state index in [0.29, 0.717) is 25.9 Å². The number of rotatable bonds is 5. The highest BCUT2D eigenvalue weighted by molar-refractivity contribution is 7.88. The molecule has 1 aliphatic heterocycles. The van der Waals surface area contributed by atoms with E-state index in [2.05, 4.69) is 10.3 Å². The molecule has 0 aromatic carbocycles. The number of likely N-dealkylation sites (N-methyl/N-ethyl adjacent to an activating group) is 1. The van der Waals surface area contributed by atoms with Crippen LogP contribution in [0.2, 0.25) is 0 Å². The van der Waals surface area contributed by atoms with Crippen molar-refractivity contribution in [2.45, 2.75) is 52.0 Å². The Balaban J connectivity index is 2.29. The molecular formula is C17H31N5O5S. The third kappa shape index (κ3) is 5.97. The Bertz CT molecular complexity index is 753. The first kappa shape index (κ1) is 22.7. The van der Waals surface area contributed by atoms with Gasteiger partial charge in [-0.3, -0.25) is 4.79 Å². The molecule has 2 heterocycles. The molecule has 0 radical (unpaired) electrons. The van der Waals surface area contributed by atoms with Crippen LogP contribution >= 0.6 is 0 Å². The van der Waals surface area contributed by atoms with E-state index < -0.39 is 16.1 Å². The summed E-state index contributed by atoms with van der Waals surface area (Å²) in [5.74, 6) is -0.197. The summed E-state index contributed by atoms with van der Waals surface area (Å²) in [6.45, 7) is 4.91. The first-order valence-corrected chi connectivity index (χ1v) is 11.3. The molecule has 3 atom stereocenters. The smallest absolute Gasteiger partial charge is 0.222 e. The number of sulfonamides is 1. The molecule has 1 N–H and O–H groups in total. The van der Waals surface area contributed by atoms with Crippen LogP contribution in [0.1, 0.15) is 32.4 Å². The Kier molecular flexibility index (Phi) is 7.93. The first-order valence-electron chi connectivity index (χ1n) is 9.44. The van der Waals surface area contributed by atoms with E-state index >= 15 is 0 Å². The van der Waals surface area contributed by atoms with Crippen LogP contribution in [0, 0.1) is 5.92 Å². The highest BCUT2D eigenvalue weighted by Crippen LogP contribution is 2.18. The maximum Gasteiger partial charge on any atom is 0.222 e. The second kappa shape index (κ2) is 9.77. The second-order valence-corrected chi connectivity index (χ2v) is 9.59. The molecule has 0 bridgehead atoms. The van der Waals surface area contributed by atoms with Gasteiger partial charge >= 0.3 is 0 Å². The van der Waals surface area contributed by atoms with Crippen molar-refractivity contribution in [1.29, 1.82) is 0 Å². The average Bonchev–Trinajstić information content (AvgIpc) is 3.07. The van der Waals surface area contributed by atoms with E-state index in [-0.39, 0.29) is 37.6 Å². The van der Waals surface area contributed by atoms with Crippen LogP contribution in [0.15, 0.2) is 6.20 Å². The lowest BCUT2D eigenvalue weighted by molar-refractivity contribution is -0.136. The number of aliphatic hydroxyl groups is 1. The molecule has 1 aromatic rings. The summed E-state index contributed by atoms with van der Waals surface area (Å²) in [5, 5.41) is 17.5. The number of amides is 1. The van der Waals surface area contributed by atoms with Crippen molar-refractivity contribution in [1.82, 2.24) is 24.2 Å². The Labute approximate surface area is 166 Å². The van der Waals surface area contributed by atoms with Crippen molar-refractivity contribution in [3.05, 3.63) is 11.9 Å². The number of ether oxygens (including phenoxy) is 1. The number of hydrogen-bond donors (Lipinski definition) is 1. The molecule has 0 aliphatic carbocycles. The monoisotopic (exact) mass is 417 g/mol. The Morgan fingerprint density at radius 3 is 2.82 bits per heavy atom. The lowest BCUT2D eigenvalue weighted by Gasteiger charge is -2.35. The Morgan fingerprint density at radius 1 is 1.46 bits per heavy atom. The van der Waals surface area contributed by atoms with Crippen LogP contribution in [0.25, 0.3) is 0 Å². The van der Waals surface area contributed by atoms with Crippen LogP contribution in [-0.2, 0) is 32.7 Å². The van der Waals surface area contributed by atoms with Gasteiger partial charge in [-0.25, -0.2) is 17.4 Å². The maximum atomic E-state index is 12.7. The minimum absolute atomic E-state index is 0.0501. The van der Waals surface area contributed by atoms with Gasteiger partial charge in [0.15, 0.2) is 0 Å². The number of nitrogens with zero attached hydrogens (tertiary/aromatic N) is 5. The Morgan fingerprint density at radius 2 is 2.18 bits per heavy atom. The molecule has 0 unspecified atom stereocenters. The minimum atomic E-state index is -3.37. The van der Waals surface area contributed by atoms with Gasteiger partial charge in [0.1, 0.15) is 0 Å². The van der Waals surface area contributed by atoms with Crippen LogP contribution in [0.5, 0.6) is 0 Å². The lowest BCUT2D eigenvalue weighted by Crippen LogP contribution is -2.47. The van der Waals surface area contributed by atoms with E-state index in [9.17, 15) is 18.3 Å². The summed E-state index contributed by atoms with van der Waals surface area (Å²) in [7, 11) is -1.86. The molecule has 11 heteroatoms. The van der Waals surface area contributed by atoms with Crippen LogP contribution in [-0.4, -0.2) is 88.8 Å². The van der Waals surface area contributed by atoms with Crippen molar-refractivity contribution in [2.24, 2.45) is 5.92 Å². The molecule has 0 saturated carbocycles. The predicted octanol–water partition coefficient (Wildman–Crippen LogP) is -0.306. The number of carbonyl (C=O) groups excluding carboxylic acids is 1. The van der Waals surface area contributed by atoms with Gasteiger partial charge in [-0.2, -0.15) is 0 Å². The highest BCUT2D eigenvalue weighted by Gasteiger charge is 2.29. The number of aliphatic hydroxyl groups excluding tert-OH is 1. The van der Waals surface area contributed by atoms with Crippen molar-refractivity contribution >= 4 is 15.9 Å². The first-order chi connectivity index (χ1) is 13.1. The highest BCUT2D eigenvalue weighted by atomic mass is 32.2. The standard InChI is InChI=1S/C17H31N5O5S/c1-13-9-21(14(2)11-23)17(24)6-5-7-22-15(8-18-19-22)12-27-16(13)10-20(3)28(4,25)26/h8,13-14,16,23H,5-7,9-12H2,1-4H3/t13-,14+,16+/m1/s1. The predicted molar refractivity (Wildman–Crippen MR) is 103 cm³/mol. The maximum absolute atomic E-state index is 12.7. The van der Waals surface area contributed by atoms with Gasteiger partial charge in [-0.15, -0.1) is 5.10 Å². The van der Waals surface area contributed by atoms with Gasteiger partial charge < -0.3 is 14.7 Å². The zero-order valence-corrected chi connectivity index (χ0v) is 17.8. The molecule has 28 heavy (non-hydrogen) atoms. The van der Waals surface area contributed by atoms with Gasteiger partial charge in [0.05, 0.1) is 43.5 Å². The molecule has 0 spiro atoms. The third-order valence-corrected chi connectivity index (χ3v) is 6.42. The van der Waals surface area contributed by atoms with Gasteiger partial charge in [0.25, 0.3) is 0 Å². The summed E-state index contributed by atoms with van der Waals surface area (Å²) in [4.78, 5) is 14.4. The summed E-state index contributed by atoms with van der Waals surface area (Å²) < 4.78 is 32.8. The molecule has 1 aliphatic rings. The van der Waals surface area contributed by atoms with Crippen LogP contribution in [0.3, 0.4) is 0 Å².